The molecule has 0 heterocycles. The summed E-state index contributed by atoms with van der Waals surface area (Å²) in [5, 5.41) is 9.08. The van der Waals surface area contributed by atoms with Crippen LogP contribution in [0.2, 0.25) is 0 Å². The zero-order valence-electron chi connectivity index (χ0n) is 13.4. The molecule has 2 nitrogen and oxygen atoms in total. The van der Waals surface area contributed by atoms with Gasteiger partial charge in [0.1, 0.15) is 0 Å². The first kappa shape index (κ1) is 20.9. The molecule has 1 rings (SSSR count). The van der Waals surface area contributed by atoms with Crippen molar-refractivity contribution in [1.29, 1.82) is 0 Å². The summed E-state index contributed by atoms with van der Waals surface area (Å²) in [7, 11) is 0. The van der Waals surface area contributed by atoms with E-state index in [-0.39, 0.29) is 0 Å². The molecule has 0 saturated carbocycles. The number of aromatic hydroxyl groups is 1. The van der Waals surface area contributed by atoms with E-state index in [4.69, 9.17) is 5.11 Å². The van der Waals surface area contributed by atoms with Gasteiger partial charge < -0.3 is 5.11 Å². The van der Waals surface area contributed by atoms with Crippen molar-refractivity contribution in [2.75, 3.05) is 0 Å². The van der Waals surface area contributed by atoms with E-state index < -0.39 is 17.4 Å². The van der Waals surface area contributed by atoms with Crippen molar-refractivity contribution in [2.45, 2.75) is 19.6 Å². The van der Waals surface area contributed by atoms with Crippen LogP contribution in [0, 0.1) is 11.6 Å². The summed E-state index contributed by atoms with van der Waals surface area (Å²) in [6, 6.07) is 2.22. The Balaban J connectivity index is 0.00000232. The van der Waals surface area contributed by atoms with Crippen LogP contribution in [0.15, 0.2) is 65.2 Å². The molecule has 0 aliphatic carbocycles. The number of halogens is 2. The van der Waals surface area contributed by atoms with Gasteiger partial charge in [-0.1, -0.05) is 12.7 Å². The summed E-state index contributed by atoms with van der Waals surface area (Å²) in [4.78, 5) is 4.79. The third kappa shape index (κ3) is 6.24. The molecule has 0 bridgehead atoms. The lowest BCUT2D eigenvalue weighted by Gasteiger charge is -2.10. The molecule has 23 heavy (non-hydrogen) atoms. The molecule has 0 saturated heterocycles. The lowest BCUT2D eigenvalue weighted by Crippen LogP contribution is -1.91. The first-order valence-corrected chi connectivity index (χ1v) is 7.66. The van der Waals surface area contributed by atoms with Crippen LogP contribution in [0.4, 0.5) is 8.78 Å². The summed E-state index contributed by atoms with van der Waals surface area (Å²) in [5.41, 5.74) is 2.13. The molecule has 0 fully saturated rings. The first-order chi connectivity index (χ1) is 10.9. The van der Waals surface area contributed by atoms with Gasteiger partial charge in [-0.15, -0.1) is 24.9 Å². The summed E-state index contributed by atoms with van der Waals surface area (Å²) in [6.07, 6.45) is 3.39. The minimum Gasteiger partial charge on any atom is -0.503 e. The molecule has 0 aromatic heterocycles. The number of allylic oxidation sites excluding steroid dienone is 3. The van der Waals surface area contributed by atoms with Gasteiger partial charge in [0.05, 0.1) is 5.70 Å². The molecule has 1 aromatic carbocycles. The Morgan fingerprint density at radius 2 is 1.78 bits per heavy atom. The van der Waals surface area contributed by atoms with Gasteiger partial charge in [-0.25, -0.2) is 8.78 Å². The monoisotopic (exact) mass is 337 g/mol. The molecule has 1 aromatic rings. The Morgan fingerprint density at radius 1 is 1.26 bits per heavy atom. The summed E-state index contributed by atoms with van der Waals surface area (Å²) < 4.78 is 26.6. The predicted octanol–water partition coefficient (Wildman–Crippen LogP) is 5.77. The molecular formula is C18H21F2NOS. The number of hydrogen-bond acceptors (Lipinski definition) is 3. The second-order valence-corrected chi connectivity index (χ2v) is 5.49. The van der Waals surface area contributed by atoms with Crippen molar-refractivity contribution < 1.29 is 13.9 Å². The van der Waals surface area contributed by atoms with Crippen LogP contribution in [0.3, 0.4) is 0 Å². The first-order valence-electron chi connectivity index (χ1n) is 6.67. The second-order valence-electron chi connectivity index (χ2n) is 4.47. The quantitative estimate of drug-likeness (QED) is 0.406. The molecule has 124 valence electrons. The molecule has 0 aliphatic rings. The van der Waals surface area contributed by atoms with E-state index in [1.165, 1.54) is 11.8 Å². The Labute approximate surface area is 140 Å². The second kappa shape index (κ2) is 10.6. The third-order valence-corrected chi connectivity index (χ3v) is 3.72. The van der Waals surface area contributed by atoms with Gasteiger partial charge in [-0.2, -0.15) is 0 Å². The van der Waals surface area contributed by atoms with Gasteiger partial charge in [-0.3, -0.25) is 4.99 Å². The topological polar surface area (TPSA) is 32.6 Å². The van der Waals surface area contributed by atoms with E-state index >= 15 is 0 Å². The average molecular weight is 337 g/mol. The molecule has 0 aliphatic heterocycles. The van der Waals surface area contributed by atoms with Crippen LogP contribution in [0.25, 0.3) is 0 Å². The van der Waals surface area contributed by atoms with Gasteiger partial charge >= 0.3 is 0 Å². The number of aliphatic imine (C=N–C) groups is 1. The van der Waals surface area contributed by atoms with Crippen molar-refractivity contribution in [2.24, 2.45) is 4.99 Å². The van der Waals surface area contributed by atoms with Gasteiger partial charge in [0.2, 0.25) is 0 Å². The fourth-order valence-electron chi connectivity index (χ4n) is 1.65. The molecule has 5 heteroatoms. The Kier molecular flexibility index (Phi) is 9.58. The van der Waals surface area contributed by atoms with Crippen LogP contribution < -0.4 is 0 Å². The van der Waals surface area contributed by atoms with Crippen LogP contribution in [-0.4, -0.2) is 11.8 Å². The van der Waals surface area contributed by atoms with Gasteiger partial charge in [0.25, 0.3) is 0 Å². The minimum atomic E-state index is -0.968. The molecular weight excluding hydrogens is 316 g/mol. The maximum absolute atomic E-state index is 13.3. The van der Waals surface area contributed by atoms with Gasteiger partial charge in [0, 0.05) is 10.7 Å². The number of nitrogens with zero attached hydrogens (tertiary/aromatic N) is 1. The van der Waals surface area contributed by atoms with Crippen molar-refractivity contribution in [3.63, 3.8) is 0 Å². The van der Waals surface area contributed by atoms with E-state index in [0.717, 1.165) is 28.3 Å². The molecule has 0 amide bonds. The van der Waals surface area contributed by atoms with Crippen molar-refractivity contribution >= 4 is 18.5 Å². The summed E-state index contributed by atoms with van der Waals surface area (Å²) in [6.45, 7) is 17.0. The lowest BCUT2D eigenvalue weighted by atomic mass is 10.2. The minimum absolute atomic E-state index is 0.333. The fraction of sp³-hybridized carbons (Fsp3) is 0.167. The van der Waals surface area contributed by atoms with Crippen LogP contribution in [-0.2, 0) is 5.75 Å². The average Bonchev–Trinajstić information content (AvgIpc) is 2.52. The molecule has 1 N–H and O–H groups in total. The zero-order valence-corrected chi connectivity index (χ0v) is 14.2. The van der Waals surface area contributed by atoms with E-state index in [2.05, 4.69) is 31.4 Å². The van der Waals surface area contributed by atoms with Crippen molar-refractivity contribution in [1.82, 2.24) is 0 Å². The highest BCUT2D eigenvalue weighted by atomic mass is 32.2. The van der Waals surface area contributed by atoms with Gasteiger partial charge in [-0.05, 0) is 49.9 Å². The number of phenols is 1. The number of benzene rings is 1. The number of hydrogen-bond donors (Lipinski definition) is 1. The van der Waals surface area contributed by atoms with E-state index in [0.29, 0.717) is 11.3 Å². The highest BCUT2D eigenvalue weighted by molar-refractivity contribution is 8.02. The molecule has 0 unspecified atom stereocenters. The van der Waals surface area contributed by atoms with Crippen molar-refractivity contribution in [3.05, 3.63) is 77.4 Å². The number of phenolic OH excluding ortho intramolecular Hbond substituents is 1. The van der Waals surface area contributed by atoms with E-state index in [1.54, 1.807) is 12.2 Å². The van der Waals surface area contributed by atoms with Crippen molar-refractivity contribution in [3.8, 4) is 5.75 Å². The summed E-state index contributed by atoms with van der Waals surface area (Å²) in [5.74, 6) is -2.56. The lowest BCUT2D eigenvalue weighted by molar-refractivity contribution is 0.395. The fourth-order valence-corrected chi connectivity index (χ4v) is 2.73. The van der Waals surface area contributed by atoms with Crippen LogP contribution in [0.1, 0.15) is 19.4 Å². The Morgan fingerprint density at radius 3 is 2.17 bits per heavy atom. The molecule has 0 atom stereocenters. The Bertz CT molecular complexity index is 609. The number of rotatable bonds is 6. The van der Waals surface area contributed by atoms with Crippen LogP contribution in [0.5, 0.6) is 5.75 Å². The van der Waals surface area contributed by atoms with E-state index in [9.17, 15) is 8.78 Å². The zero-order chi connectivity index (χ0) is 18.0. The predicted molar refractivity (Wildman–Crippen MR) is 96.8 cm³/mol. The van der Waals surface area contributed by atoms with E-state index in [1.807, 2.05) is 13.8 Å². The number of thioether (sulfide) groups is 1. The Hall–Kier alpha value is -2.14. The summed E-state index contributed by atoms with van der Waals surface area (Å²) >= 11 is 1.37. The maximum atomic E-state index is 13.3. The third-order valence-electron chi connectivity index (χ3n) is 2.61. The van der Waals surface area contributed by atoms with Gasteiger partial charge in [0.15, 0.2) is 17.4 Å². The normalized spacial score (nSPS) is 10.3. The smallest absolute Gasteiger partial charge is 0.187 e. The largest absolute Gasteiger partial charge is 0.503 e. The molecule has 0 radical (unpaired) electrons. The standard InChI is InChI=1S/C16H17F2NOS.C2H4/c1-5-6-14(15(19-4)10(2)3)21-9-11-7-12(17)16(20)13(18)8-11;1-2/h5-8,20H,1,4,9H2,2-3H3;1-2H2/b14-6+;. The molecule has 0 spiro atoms. The van der Waals surface area contributed by atoms with Crippen LogP contribution >= 0.6 is 11.8 Å². The SMILES string of the molecule is C=C.C=C/C=C(/SCc1cc(F)c(O)c(F)c1)C(N=C)=C(C)C. The maximum Gasteiger partial charge on any atom is 0.187 e. The highest BCUT2D eigenvalue weighted by Crippen LogP contribution is 2.31. The highest BCUT2D eigenvalue weighted by Gasteiger charge is 2.11.